The van der Waals surface area contributed by atoms with Crippen LogP contribution >= 0.6 is 0 Å². The number of amides is 1. The lowest BCUT2D eigenvalue weighted by Gasteiger charge is -2.18. The zero-order chi connectivity index (χ0) is 18.6. The van der Waals surface area contributed by atoms with Gasteiger partial charge in [0, 0.05) is 27.0 Å². The van der Waals surface area contributed by atoms with Crippen molar-refractivity contribution in [1.29, 1.82) is 0 Å². The van der Waals surface area contributed by atoms with Crippen LogP contribution in [0.4, 0.5) is 5.69 Å². The fourth-order valence-electron chi connectivity index (χ4n) is 1.98. The Morgan fingerprint density at radius 1 is 1.12 bits per heavy atom. The summed E-state index contributed by atoms with van der Waals surface area (Å²) in [6, 6.07) is 11.3. The molecule has 0 aliphatic carbocycles. The van der Waals surface area contributed by atoms with Gasteiger partial charge in [-0.1, -0.05) is 18.2 Å². The van der Waals surface area contributed by atoms with E-state index in [1.165, 1.54) is 18.2 Å². The van der Waals surface area contributed by atoms with Crippen molar-refractivity contribution in [3.05, 3.63) is 59.4 Å². The lowest BCUT2D eigenvalue weighted by Crippen LogP contribution is -2.23. The number of nitrogens with one attached hydrogen (secondary N) is 1. The van der Waals surface area contributed by atoms with Crippen molar-refractivity contribution in [3.8, 4) is 0 Å². The number of carbonyl (C=O) groups is 2. The van der Waals surface area contributed by atoms with E-state index in [-0.39, 0.29) is 16.1 Å². The highest BCUT2D eigenvalue weighted by atomic mass is 32.2. The Balaban J connectivity index is 2.14. The minimum Gasteiger partial charge on any atom is -0.477 e. The van der Waals surface area contributed by atoms with Gasteiger partial charge in [0.2, 0.25) is 0 Å². The molecular weight excluding hydrogens is 340 g/mol. The standard InChI is InChI=1S/C18H20N2O4S/c1-18(2,3)25(24)11-12-6-4-7-13(10-12)19-16(21)14-8-5-9-15(20-14)17(22)23/h4-10H,11H2,1-3H3,(H,19,21)(H,22,23). The Hall–Kier alpha value is -2.54. The summed E-state index contributed by atoms with van der Waals surface area (Å²) < 4.78 is 11.9. The van der Waals surface area contributed by atoms with E-state index in [4.69, 9.17) is 5.11 Å². The molecule has 0 saturated carbocycles. The van der Waals surface area contributed by atoms with Gasteiger partial charge in [-0.2, -0.15) is 0 Å². The van der Waals surface area contributed by atoms with Crippen LogP contribution in [0.15, 0.2) is 42.5 Å². The summed E-state index contributed by atoms with van der Waals surface area (Å²) in [5.74, 6) is -1.31. The molecule has 25 heavy (non-hydrogen) atoms. The Labute approximate surface area is 148 Å². The molecule has 1 atom stereocenters. The van der Waals surface area contributed by atoms with E-state index in [2.05, 4.69) is 10.3 Å². The highest BCUT2D eigenvalue weighted by Gasteiger charge is 2.19. The molecule has 2 N–H and O–H groups in total. The largest absolute Gasteiger partial charge is 0.477 e. The van der Waals surface area contributed by atoms with E-state index >= 15 is 0 Å². The molecule has 1 heterocycles. The summed E-state index contributed by atoms with van der Waals surface area (Å²) in [5, 5.41) is 11.6. The van der Waals surface area contributed by atoms with Gasteiger partial charge in [0.25, 0.3) is 5.91 Å². The molecule has 6 nitrogen and oxygen atoms in total. The molecule has 0 radical (unpaired) electrons. The van der Waals surface area contributed by atoms with Crippen LogP contribution in [0.1, 0.15) is 47.3 Å². The van der Waals surface area contributed by atoms with E-state index in [0.29, 0.717) is 11.4 Å². The smallest absolute Gasteiger partial charge is 0.354 e. The molecule has 132 valence electrons. The lowest BCUT2D eigenvalue weighted by molar-refractivity contribution is 0.0690. The van der Waals surface area contributed by atoms with Gasteiger partial charge in [-0.3, -0.25) is 9.00 Å². The number of aromatic carboxylic acids is 1. The third kappa shape index (κ3) is 5.22. The topological polar surface area (TPSA) is 96.4 Å². The molecular formula is C18H20N2O4S. The normalized spacial score (nSPS) is 12.4. The zero-order valence-electron chi connectivity index (χ0n) is 14.3. The van der Waals surface area contributed by atoms with Crippen LogP contribution in [0.25, 0.3) is 0 Å². The maximum absolute atomic E-state index is 12.3. The molecule has 0 bridgehead atoms. The summed E-state index contributed by atoms with van der Waals surface area (Å²) in [5.41, 5.74) is 1.21. The number of hydrogen-bond acceptors (Lipinski definition) is 4. The number of hydrogen-bond donors (Lipinski definition) is 2. The molecule has 0 fully saturated rings. The monoisotopic (exact) mass is 360 g/mol. The van der Waals surface area contributed by atoms with E-state index in [0.717, 1.165) is 5.56 Å². The van der Waals surface area contributed by atoms with Crippen LogP contribution in [0, 0.1) is 0 Å². The highest BCUT2D eigenvalue weighted by molar-refractivity contribution is 7.85. The van der Waals surface area contributed by atoms with Gasteiger partial charge < -0.3 is 10.4 Å². The van der Waals surface area contributed by atoms with Crippen LogP contribution in [0.5, 0.6) is 0 Å². The molecule has 0 spiro atoms. The van der Waals surface area contributed by atoms with E-state index < -0.39 is 22.7 Å². The average Bonchev–Trinajstić information content (AvgIpc) is 2.54. The van der Waals surface area contributed by atoms with Crippen LogP contribution in [0.3, 0.4) is 0 Å². The SMILES string of the molecule is CC(C)(C)S(=O)Cc1cccc(NC(=O)c2cccc(C(=O)O)n2)c1. The predicted octanol–water partition coefficient (Wildman–Crippen LogP) is 3.08. The van der Waals surface area contributed by atoms with E-state index in [1.54, 1.807) is 18.2 Å². The van der Waals surface area contributed by atoms with Crippen molar-refractivity contribution in [1.82, 2.24) is 4.98 Å². The molecule has 0 aliphatic rings. The van der Waals surface area contributed by atoms with E-state index in [1.807, 2.05) is 26.8 Å². The van der Waals surface area contributed by atoms with Crippen LogP contribution in [-0.2, 0) is 16.6 Å². The minimum absolute atomic E-state index is 0.0172. The second kappa shape index (κ2) is 7.57. The van der Waals surface area contributed by atoms with Crippen LogP contribution < -0.4 is 5.32 Å². The first-order chi connectivity index (χ1) is 11.7. The Kier molecular flexibility index (Phi) is 5.69. The molecule has 0 saturated heterocycles. The third-order valence-corrected chi connectivity index (χ3v) is 5.33. The van der Waals surface area contributed by atoms with Crippen molar-refractivity contribution in [3.63, 3.8) is 0 Å². The average molecular weight is 360 g/mol. The van der Waals surface area contributed by atoms with Gasteiger partial charge in [-0.15, -0.1) is 0 Å². The molecule has 1 aromatic carbocycles. The number of anilines is 1. The number of benzene rings is 1. The first kappa shape index (κ1) is 18.8. The molecule has 1 amide bonds. The van der Waals surface area contributed by atoms with Gasteiger partial charge in [-0.25, -0.2) is 9.78 Å². The van der Waals surface area contributed by atoms with Crippen molar-refractivity contribution in [2.45, 2.75) is 31.3 Å². The van der Waals surface area contributed by atoms with Gasteiger partial charge in [0.15, 0.2) is 0 Å². The third-order valence-electron chi connectivity index (χ3n) is 3.37. The first-order valence-electron chi connectivity index (χ1n) is 7.66. The van der Waals surface area contributed by atoms with Crippen molar-refractivity contribution in [2.24, 2.45) is 0 Å². The van der Waals surface area contributed by atoms with Gasteiger partial charge >= 0.3 is 5.97 Å². The molecule has 2 aromatic rings. The molecule has 7 heteroatoms. The molecule has 1 aromatic heterocycles. The summed E-state index contributed by atoms with van der Waals surface area (Å²) >= 11 is 0. The number of carboxylic acids is 1. The number of rotatable bonds is 5. The van der Waals surface area contributed by atoms with Gasteiger partial charge in [0.05, 0.1) is 0 Å². The van der Waals surface area contributed by atoms with E-state index in [9.17, 15) is 13.8 Å². The van der Waals surface area contributed by atoms with Crippen molar-refractivity contribution in [2.75, 3.05) is 5.32 Å². The van der Waals surface area contributed by atoms with Gasteiger partial charge in [0.1, 0.15) is 11.4 Å². The molecule has 0 aliphatic heterocycles. The summed E-state index contributed by atoms with van der Waals surface area (Å²) in [7, 11) is -1.04. The lowest BCUT2D eigenvalue weighted by atomic mass is 10.2. The fourth-order valence-corrected chi connectivity index (χ4v) is 2.90. The Bertz CT molecular complexity index is 828. The van der Waals surface area contributed by atoms with Gasteiger partial charge in [-0.05, 0) is 50.6 Å². The number of carboxylic acid groups (broad SMARTS) is 1. The quantitative estimate of drug-likeness (QED) is 0.854. The maximum atomic E-state index is 12.3. The Morgan fingerprint density at radius 3 is 2.40 bits per heavy atom. The van der Waals surface area contributed by atoms with Crippen molar-refractivity contribution < 1.29 is 18.9 Å². The molecule has 2 rings (SSSR count). The summed E-state index contributed by atoms with van der Waals surface area (Å²) in [6.45, 7) is 5.74. The Morgan fingerprint density at radius 2 is 1.76 bits per heavy atom. The van der Waals surface area contributed by atoms with Crippen molar-refractivity contribution >= 4 is 28.4 Å². The fraction of sp³-hybridized carbons (Fsp3) is 0.278. The van der Waals surface area contributed by atoms with Crippen LogP contribution in [-0.4, -0.2) is 30.9 Å². The minimum atomic E-state index is -1.19. The maximum Gasteiger partial charge on any atom is 0.354 e. The molecule has 1 unspecified atom stereocenters. The second-order valence-electron chi connectivity index (χ2n) is 6.47. The predicted molar refractivity (Wildman–Crippen MR) is 97.2 cm³/mol. The number of nitrogens with zero attached hydrogens (tertiary/aromatic N) is 1. The number of pyridine rings is 1. The zero-order valence-corrected chi connectivity index (χ0v) is 15.1. The summed E-state index contributed by atoms with van der Waals surface area (Å²) in [4.78, 5) is 27.0. The van der Waals surface area contributed by atoms with Crippen LogP contribution in [0.2, 0.25) is 0 Å². The second-order valence-corrected chi connectivity index (χ2v) is 8.67. The number of aromatic nitrogens is 1. The summed E-state index contributed by atoms with van der Waals surface area (Å²) in [6.07, 6.45) is 0. The number of carbonyl (C=O) groups excluding carboxylic acids is 1. The first-order valence-corrected chi connectivity index (χ1v) is 8.98. The highest BCUT2D eigenvalue weighted by Crippen LogP contribution is 2.19.